The SMILES string of the molecule is COc1ccc(COCCCCCCN2CCN(c3ncccn3)CC2)cc1. The standard InChI is InChI=1S/C22H32N4O2/c1-27-21-9-7-20(8-10-21)19-28-18-5-3-2-4-13-25-14-16-26(17-15-25)22-23-11-6-12-24-22/h6-12H,2-5,13-19H2,1H3. The maximum absolute atomic E-state index is 5.77. The second-order valence-corrected chi connectivity index (χ2v) is 7.19. The molecule has 6 heteroatoms. The largest absolute Gasteiger partial charge is 0.497 e. The number of hydrogen-bond acceptors (Lipinski definition) is 6. The van der Waals surface area contributed by atoms with Crippen molar-refractivity contribution in [1.82, 2.24) is 14.9 Å². The van der Waals surface area contributed by atoms with Crippen LogP contribution in [0.5, 0.6) is 5.75 Å². The Kier molecular flexibility index (Phi) is 8.53. The Balaban J connectivity index is 1.18. The lowest BCUT2D eigenvalue weighted by molar-refractivity contribution is 0.116. The van der Waals surface area contributed by atoms with E-state index in [1.165, 1.54) is 31.4 Å². The van der Waals surface area contributed by atoms with Gasteiger partial charge in [0.15, 0.2) is 0 Å². The molecule has 1 aliphatic rings. The van der Waals surface area contributed by atoms with Gasteiger partial charge in [0.05, 0.1) is 13.7 Å². The number of hydrogen-bond donors (Lipinski definition) is 0. The molecule has 0 N–H and O–H groups in total. The number of nitrogens with zero attached hydrogens (tertiary/aromatic N) is 4. The molecule has 0 bridgehead atoms. The zero-order chi connectivity index (χ0) is 19.4. The third-order valence-corrected chi connectivity index (χ3v) is 5.15. The second kappa shape index (κ2) is 11.6. The molecule has 28 heavy (non-hydrogen) atoms. The molecular formula is C22H32N4O2. The van der Waals surface area contributed by atoms with Crippen LogP contribution in [0.4, 0.5) is 5.95 Å². The highest BCUT2D eigenvalue weighted by atomic mass is 16.5. The van der Waals surface area contributed by atoms with E-state index in [2.05, 4.69) is 31.9 Å². The summed E-state index contributed by atoms with van der Waals surface area (Å²) in [5.74, 6) is 1.75. The first-order valence-corrected chi connectivity index (χ1v) is 10.3. The van der Waals surface area contributed by atoms with Gasteiger partial charge in [-0.15, -0.1) is 0 Å². The lowest BCUT2D eigenvalue weighted by Crippen LogP contribution is -2.47. The van der Waals surface area contributed by atoms with Gasteiger partial charge >= 0.3 is 0 Å². The Hall–Kier alpha value is -2.18. The molecule has 0 saturated carbocycles. The highest BCUT2D eigenvalue weighted by Crippen LogP contribution is 2.13. The fourth-order valence-corrected chi connectivity index (χ4v) is 3.43. The molecule has 0 amide bonds. The highest BCUT2D eigenvalue weighted by molar-refractivity contribution is 5.29. The average Bonchev–Trinajstić information content (AvgIpc) is 2.77. The van der Waals surface area contributed by atoms with E-state index in [1.54, 1.807) is 7.11 Å². The summed E-state index contributed by atoms with van der Waals surface area (Å²) in [4.78, 5) is 13.5. The molecule has 0 radical (unpaired) electrons. The highest BCUT2D eigenvalue weighted by Gasteiger charge is 2.17. The van der Waals surface area contributed by atoms with Gasteiger partial charge in [-0.2, -0.15) is 0 Å². The number of benzene rings is 1. The smallest absolute Gasteiger partial charge is 0.225 e. The van der Waals surface area contributed by atoms with Crippen molar-refractivity contribution in [2.75, 3.05) is 51.3 Å². The monoisotopic (exact) mass is 384 g/mol. The van der Waals surface area contributed by atoms with Gasteiger partial charge in [-0.25, -0.2) is 9.97 Å². The minimum atomic E-state index is 0.680. The summed E-state index contributed by atoms with van der Waals surface area (Å²) in [7, 11) is 1.69. The molecule has 0 unspecified atom stereocenters. The van der Waals surface area contributed by atoms with Gasteiger partial charge in [-0.1, -0.05) is 25.0 Å². The van der Waals surface area contributed by atoms with Crippen molar-refractivity contribution in [2.45, 2.75) is 32.3 Å². The minimum absolute atomic E-state index is 0.680. The Morgan fingerprint density at radius 1 is 0.893 bits per heavy atom. The third-order valence-electron chi connectivity index (χ3n) is 5.15. The van der Waals surface area contributed by atoms with E-state index in [1.807, 2.05) is 30.6 Å². The van der Waals surface area contributed by atoms with E-state index in [0.717, 1.165) is 50.9 Å². The van der Waals surface area contributed by atoms with Gasteiger partial charge in [0.1, 0.15) is 5.75 Å². The molecule has 0 atom stereocenters. The first-order chi connectivity index (χ1) is 13.8. The lowest BCUT2D eigenvalue weighted by Gasteiger charge is -2.34. The van der Waals surface area contributed by atoms with Crippen LogP contribution in [-0.4, -0.2) is 61.3 Å². The van der Waals surface area contributed by atoms with Crippen LogP contribution in [-0.2, 0) is 11.3 Å². The summed E-state index contributed by atoms with van der Waals surface area (Å²) in [5.41, 5.74) is 1.20. The Labute approximate surface area is 168 Å². The zero-order valence-corrected chi connectivity index (χ0v) is 16.9. The maximum Gasteiger partial charge on any atom is 0.225 e. The van der Waals surface area contributed by atoms with Gasteiger partial charge < -0.3 is 14.4 Å². The summed E-state index contributed by atoms with van der Waals surface area (Å²) in [6.07, 6.45) is 8.54. The third kappa shape index (κ3) is 6.77. The van der Waals surface area contributed by atoms with Crippen LogP contribution in [0.15, 0.2) is 42.7 Å². The van der Waals surface area contributed by atoms with Crippen LogP contribution in [0, 0.1) is 0 Å². The Morgan fingerprint density at radius 3 is 2.32 bits per heavy atom. The fourth-order valence-electron chi connectivity index (χ4n) is 3.43. The van der Waals surface area contributed by atoms with E-state index in [4.69, 9.17) is 9.47 Å². The van der Waals surface area contributed by atoms with E-state index in [9.17, 15) is 0 Å². The van der Waals surface area contributed by atoms with Crippen molar-refractivity contribution in [3.8, 4) is 5.75 Å². The lowest BCUT2D eigenvalue weighted by atomic mass is 10.2. The first kappa shape index (κ1) is 20.6. The molecule has 2 heterocycles. The first-order valence-electron chi connectivity index (χ1n) is 10.3. The minimum Gasteiger partial charge on any atom is -0.497 e. The predicted octanol–water partition coefficient (Wildman–Crippen LogP) is 3.38. The molecule has 0 aliphatic carbocycles. The molecule has 2 aromatic rings. The molecule has 1 aromatic heterocycles. The number of unbranched alkanes of at least 4 members (excludes halogenated alkanes) is 3. The number of piperazine rings is 1. The molecule has 3 rings (SSSR count). The van der Waals surface area contributed by atoms with Gasteiger partial charge in [0.25, 0.3) is 0 Å². The summed E-state index contributed by atoms with van der Waals surface area (Å²) in [6, 6.07) is 9.94. The van der Waals surface area contributed by atoms with Crippen molar-refractivity contribution in [3.05, 3.63) is 48.3 Å². The predicted molar refractivity (Wildman–Crippen MR) is 112 cm³/mol. The molecule has 1 aromatic carbocycles. The van der Waals surface area contributed by atoms with Gasteiger partial charge in [-0.05, 0) is 43.1 Å². The number of ether oxygens (including phenoxy) is 2. The number of rotatable bonds is 11. The van der Waals surface area contributed by atoms with Crippen molar-refractivity contribution >= 4 is 5.95 Å². The normalized spacial score (nSPS) is 15.0. The zero-order valence-electron chi connectivity index (χ0n) is 16.9. The Morgan fingerprint density at radius 2 is 1.61 bits per heavy atom. The van der Waals surface area contributed by atoms with E-state index < -0.39 is 0 Å². The average molecular weight is 385 g/mol. The quantitative estimate of drug-likeness (QED) is 0.554. The molecule has 6 nitrogen and oxygen atoms in total. The summed E-state index contributed by atoms with van der Waals surface area (Å²) >= 11 is 0. The van der Waals surface area contributed by atoms with E-state index >= 15 is 0 Å². The van der Waals surface area contributed by atoms with E-state index in [-0.39, 0.29) is 0 Å². The molecule has 1 aliphatic heterocycles. The van der Waals surface area contributed by atoms with Gasteiger partial charge in [0, 0.05) is 45.2 Å². The van der Waals surface area contributed by atoms with Gasteiger partial charge in [-0.3, -0.25) is 4.90 Å². The van der Waals surface area contributed by atoms with Crippen molar-refractivity contribution in [1.29, 1.82) is 0 Å². The van der Waals surface area contributed by atoms with Crippen LogP contribution in [0.1, 0.15) is 31.2 Å². The van der Waals surface area contributed by atoms with E-state index in [0.29, 0.717) is 6.61 Å². The number of aromatic nitrogens is 2. The maximum atomic E-state index is 5.77. The molecule has 0 spiro atoms. The number of methoxy groups -OCH3 is 1. The van der Waals surface area contributed by atoms with Crippen LogP contribution in [0.3, 0.4) is 0 Å². The van der Waals surface area contributed by atoms with Gasteiger partial charge in [0.2, 0.25) is 5.95 Å². The summed E-state index contributed by atoms with van der Waals surface area (Å²) in [5, 5.41) is 0. The molecule has 1 saturated heterocycles. The summed E-state index contributed by atoms with van der Waals surface area (Å²) in [6.45, 7) is 6.94. The van der Waals surface area contributed by atoms with Crippen molar-refractivity contribution < 1.29 is 9.47 Å². The topological polar surface area (TPSA) is 50.7 Å². The van der Waals surface area contributed by atoms with Crippen LogP contribution in [0.25, 0.3) is 0 Å². The molecule has 1 fully saturated rings. The van der Waals surface area contributed by atoms with Crippen molar-refractivity contribution in [3.63, 3.8) is 0 Å². The summed E-state index contributed by atoms with van der Waals surface area (Å²) < 4.78 is 10.9. The number of anilines is 1. The fraction of sp³-hybridized carbons (Fsp3) is 0.545. The second-order valence-electron chi connectivity index (χ2n) is 7.19. The Bertz CT molecular complexity index is 658. The van der Waals surface area contributed by atoms with Crippen molar-refractivity contribution in [2.24, 2.45) is 0 Å². The van der Waals surface area contributed by atoms with Crippen LogP contribution < -0.4 is 9.64 Å². The van der Waals surface area contributed by atoms with Crippen LogP contribution >= 0.6 is 0 Å². The van der Waals surface area contributed by atoms with Crippen LogP contribution in [0.2, 0.25) is 0 Å². The molecular weight excluding hydrogens is 352 g/mol. The molecule has 152 valence electrons.